The van der Waals surface area contributed by atoms with Gasteiger partial charge < -0.3 is 19.3 Å². The molecular weight excluding hydrogens is 373 g/mol. The molecule has 2 heterocycles. The summed E-state index contributed by atoms with van der Waals surface area (Å²) in [4.78, 5) is 2.42. The van der Waals surface area contributed by atoms with Crippen LogP contribution in [0.4, 0.5) is 4.39 Å². The highest BCUT2D eigenvalue weighted by atomic mass is 19.1. The number of hydrogen-bond acceptors (Lipinski definition) is 5. The predicted octanol–water partition coefficient (Wildman–Crippen LogP) is 4.00. The Hall–Kier alpha value is -1.37. The van der Waals surface area contributed by atoms with E-state index in [9.17, 15) is 5.11 Å². The number of aliphatic hydroxyl groups is 1. The zero-order chi connectivity index (χ0) is 20.8. The number of fused-ring (bicyclic) bond motifs is 3. The molecule has 0 amide bonds. The molecule has 1 saturated carbocycles. The normalized spacial score (nSPS) is 26.3. The summed E-state index contributed by atoms with van der Waals surface area (Å²) >= 11 is 0. The van der Waals surface area contributed by atoms with E-state index < -0.39 is 5.60 Å². The first-order valence-corrected chi connectivity index (χ1v) is 10.9. The van der Waals surface area contributed by atoms with Crippen molar-refractivity contribution >= 4 is 0 Å². The van der Waals surface area contributed by atoms with Crippen LogP contribution in [0.5, 0.6) is 11.5 Å². The maximum Gasteiger partial charge on any atom is 0.197 e. The lowest BCUT2D eigenvalue weighted by Gasteiger charge is -2.45. The van der Waals surface area contributed by atoms with E-state index in [0.717, 1.165) is 43.5 Å². The highest BCUT2D eigenvalue weighted by Gasteiger charge is 2.39. The van der Waals surface area contributed by atoms with Gasteiger partial charge in [-0.05, 0) is 76.5 Å². The van der Waals surface area contributed by atoms with Crippen molar-refractivity contribution in [1.29, 1.82) is 0 Å². The quantitative estimate of drug-likeness (QED) is 0.799. The Morgan fingerprint density at radius 1 is 1.28 bits per heavy atom. The number of nitrogens with zero attached hydrogens (tertiary/aromatic N) is 1. The molecule has 0 spiro atoms. The second-order valence-corrected chi connectivity index (χ2v) is 9.85. The SMILES string of the molecule is COc1cc2c(c(F)c1OCC1(O)CCC1)CCN1CC(OC(C)(C)C)CCC21. The number of hydrogen-bond donors (Lipinski definition) is 1. The zero-order valence-electron chi connectivity index (χ0n) is 18.1. The molecule has 2 unspecified atom stereocenters. The van der Waals surface area contributed by atoms with Gasteiger partial charge in [0.15, 0.2) is 17.3 Å². The third-order valence-corrected chi connectivity index (χ3v) is 6.48. The van der Waals surface area contributed by atoms with Crippen LogP contribution in [0.25, 0.3) is 0 Å². The van der Waals surface area contributed by atoms with Gasteiger partial charge in [-0.25, -0.2) is 4.39 Å². The molecular formula is C23H34FNO4. The molecule has 162 valence electrons. The van der Waals surface area contributed by atoms with E-state index in [0.29, 0.717) is 25.0 Å². The number of rotatable bonds is 5. The Morgan fingerprint density at radius 3 is 2.66 bits per heavy atom. The molecule has 4 rings (SSSR count). The Kier molecular flexibility index (Phi) is 5.55. The largest absolute Gasteiger partial charge is 0.493 e. The molecule has 3 aliphatic rings. The highest BCUT2D eigenvalue weighted by Crippen LogP contribution is 2.45. The molecule has 0 aromatic heterocycles. The lowest BCUT2D eigenvalue weighted by Crippen LogP contribution is -2.47. The van der Waals surface area contributed by atoms with E-state index in [1.807, 2.05) is 6.07 Å². The molecule has 2 fully saturated rings. The van der Waals surface area contributed by atoms with E-state index in [1.165, 1.54) is 0 Å². The second-order valence-electron chi connectivity index (χ2n) is 9.85. The minimum Gasteiger partial charge on any atom is -0.493 e. The van der Waals surface area contributed by atoms with Gasteiger partial charge >= 0.3 is 0 Å². The first kappa shape index (κ1) is 20.9. The molecule has 6 heteroatoms. The average Bonchev–Trinajstić information content (AvgIpc) is 2.63. The minimum atomic E-state index is -0.824. The van der Waals surface area contributed by atoms with Crippen LogP contribution >= 0.6 is 0 Å². The third kappa shape index (κ3) is 4.25. The summed E-state index contributed by atoms with van der Waals surface area (Å²) in [5.41, 5.74) is 0.764. The summed E-state index contributed by atoms with van der Waals surface area (Å²) in [5.74, 6) is 0.235. The maximum atomic E-state index is 15.4. The molecule has 1 saturated heterocycles. The van der Waals surface area contributed by atoms with E-state index >= 15 is 4.39 Å². The monoisotopic (exact) mass is 407 g/mol. The summed E-state index contributed by atoms with van der Waals surface area (Å²) in [6.07, 6.45) is 5.16. The Balaban J connectivity index is 1.55. The first-order chi connectivity index (χ1) is 13.7. The topological polar surface area (TPSA) is 51.2 Å². The molecule has 1 aromatic rings. The van der Waals surface area contributed by atoms with E-state index in [2.05, 4.69) is 25.7 Å². The van der Waals surface area contributed by atoms with Gasteiger partial charge in [0, 0.05) is 19.1 Å². The molecule has 2 aliphatic heterocycles. The maximum absolute atomic E-state index is 15.4. The van der Waals surface area contributed by atoms with Crippen LogP contribution < -0.4 is 9.47 Å². The molecule has 5 nitrogen and oxygen atoms in total. The molecule has 1 aromatic carbocycles. The fourth-order valence-corrected chi connectivity index (χ4v) is 4.90. The third-order valence-electron chi connectivity index (χ3n) is 6.48. The van der Waals surface area contributed by atoms with Crippen molar-refractivity contribution in [2.45, 2.75) is 82.6 Å². The lowest BCUT2D eigenvalue weighted by molar-refractivity contribution is -0.0972. The second kappa shape index (κ2) is 7.71. The van der Waals surface area contributed by atoms with Gasteiger partial charge in [-0.2, -0.15) is 0 Å². The fraction of sp³-hybridized carbons (Fsp3) is 0.739. The van der Waals surface area contributed by atoms with Gasteiger partial charge in [-0.15, -0.1) is 0 Å². The van der Waals surface area contributed by atoms with Gasteiger partial charge in [-0.3, -0.25) is 4.90 Å². The van der Waals surface area contributed by atoms with Crippen LogP contribution in [-0.2, 0) is 11.2 Å². The number of piperidine rings is 1. The summed E-state index contributed by atoms with van der Waals surface area (Å²) in [5, 5.41) is 10.3. The first-order valence-electron chi connectivity index (χ1n) is 10.9. The van der Waals surface area contributed by atoms with Crippen molar-refractivity contribution < 1.29 is 23.7 Å². The molecule has 0 radical (unpaired) electrons. The van der Waals surface area contributed by atoms with Crippen molar-refractivity contribution in [3.63, 3.8) is 0 Å². The summed E-state index contributed by atoms with van der Waals surface area (Å²) in [6.45, 7) is 8.07. The van der Waals surface area contributed by atoms with Crippen LogP contribution in [0.3, 0.4) is 0 Å². The van der Waals surface area contributed by atoms with E-state index in [4.69, 9.17) is 14.2 Å². The summed E-state index contributed by atoms with van der Waals surface area (Å²) < 4.78 is 32.9. The van der Waals surface area contributed by atoms with Gasteiger partial charge in [0.2, 0.25) is 0 Å². The zero-order valence-corrected chi connectivity index (χ0v) is 18.1. The molecule has 1 N–H and O–H groups in total. The summed E-state index contributed by atoms with van der Waals surface area (Å²) in [7, 11) is 1.54. The number of benzene rings is 1. The van der Waals surface area contributed by atoms with Gasteiger partial charge in [0.1, 0.15) is 6.61 Å². The van der Waals surface area contributed by atoms with Crippen LogP contribution in [0.2, 0.25) is 0 Å². The Morgan fingerprint density at radius 2 is 2.03 bits per heavy atom. The molecule has 2 atom stereocenters. The van der Waals surface area contributed by atoms with Crippen molar-refractivity contribution in [3.05, 3.63) is 23.0 Å². The fourth-order valence-electron chi connectivity index (χ4n) is 4.90. The van der Waals surface area contributed by atoms with E-state index in [-0.39, 0.29) is 35.9 Å². The van der Waals surface area contributed by atoms with Crippen LogP contribution in [-0.4, -0.2) is 54.1 Å². The smallest absolute Gasteiger partial charge is 0.197 e. The lowest BCUT2D eigenvalue weighted by atomic mass is 9.81. The Bertz CT molecular complexity index is 756. The molecule has 29 heavy (non-hydrogen) atoms. The van der Waals surface area contributed by atoms with Crippen molar-refractivity contribution in [2.75, 3.05) is 26.8 Å². The van der Waals surface area contributed by atoms with Crippen molar-refractivity contribution in [2.24, 2.45) is 0 Å². The summed E-state index contributed by atoms with van der Waals surface area (Å²) in [6, 6.07) is 2.13. The van der Waals surface area contributed by atoms with Gasteiger partial charge in [-0.1, -0.05) is 0 Å². The van der Waals surface area contributed by atoms with Gasteiger partial charge in [0.05, 0.1) is 24.4 Å². The molecule has 0 bridgehead atoms. The van der Waals surface area contributed by atoms with Crippen LogP contribution in [0, 0.1) is 5.82 Å². The predicted molar refractivity (Wildman–Crippen MR) is 109 cm³/mol. The van der Waals surface area contributed by atoms with Gasteiger partial charge in [0.25, 0.3) is 0 Å². The van der Waals surface area contributed by atoms with Crippen molar-refractivity contribution in [3.8, 4) is 11.5 Å². The van der Waals surface area contributed by atoms with Crippen LogP contribution in [0.15, 0.2) is 6.07 Å². The standard InChI is InChI=1S/C23H34FNO4/c1-22(2,3)29-15-6-7-18-17-12-19(27-4)21(28-14-23(26)9-5-10-23)20(24)16(17)8-11-25(18)13-15/h12,15,18,26H,5-11,13-14H2,1-4H3. The highest BCUT2D eigenvalue weighted by molar-refractivity contribution is 5.51. The minimum absolute atomic E-state index is 0.112. The van der Waals surface area contributed by atoms with E-state index in [1.54, 1.807) is 7.11 Å². The van der Waals surface area contributed by atoms with Crippen molar-refractivity contribution in [1.82, 2.24) is 4.90 Å². The van der Waals surface area contributed by atoms with Crippen LogP contribution in [0.1, 0.15) is 70.0 Å². The number of halogens is 1. The number of ether oxygens (including phenoxy) is 3. The number of methoxy groups -OCH3 is 1. The molecule has 1 aliphatic carbocycles. The Labute approximate surface area is 173 Å². The average molecular weight is 408 g/mol.